The molecule has 0 aromatic heterocycles. The smallest absolute Gasteiger partial charge is 0.251 e. The van der Waals surface area contributed by atoms with Crippen LogP contribution in [0.2, 0.25) is 0 Å². The van der Waals surface area contributed by atoms with Crippen LogP contribution < -0.4 is 16.0 Å². The zero-order chi connectivity index (χ0) is 13.5. The summed E-state index contributed by atoms with van der Waals surface area (Å²) in [6, 6.07) is 8.36. The van der Waals surface area contributed by atoms with Gasteiger partial charge in [0, 0.05) is 31.7 Å². The minimum atomic E-state index is -0.0362. The summed E-state index contributed by atoms with van der Waals surface area (Å²) in [5.74, 6) is -0.0362. The number of rotatable bonds is 5. The lowest BCUT2D eigenvalue weighted by molar-refractivity contribution is 0.0963. The maximum absolute atomic E-state index is 11.4. The fourth-order valence-electron chi connectivity index (χ4n) is 2.41. The molecule has 1 aromatic rings. The molecule has 1 aromatic carbocycles. The van der Waals surface area contributed by atoms with Crippen molar-refractivity contribution in [1.82, 2.24) is 16.0 Å². The van der Waals surface area contributed by atoms with E-state index >= 15 is 0 Å². The van der Waals surface area contributed by atoms with Crippen LogP contribution >= 0.6 is 0 Å². The molecule has 104 valence electrons. The van der Waals surface area contributed by atoms with Crippen molar-refractivity contribution in [1.29, 1.82) is 0 Å². The lowest BCUT2D eigenvalue weighted by Gasteiger charge is -2.23. The molecule has 2 rings (SSSR count). The largest absolute Gasteiger partial charge is 0.355 e. The summed E-state index contributed by atoms with van der Waals surface area (Å²) >= 11 is 0. The van der Waals surface area contributed by atoms with Crippen LogP contribution in [0.3, 0.4) is 0 Å². The standard InChI is InChI=1S/C15H23N3O/c1-16-15(19)13-7-5-12(6-8-13)10-17-11-14-4-2-3-9-18-14/h5-8,14,17-18H,2-4,9-11H2,1H3,(H,16,19). The second-order valence-electron chi connectivity index (χ2n) is 5.05. The molecule has 0 saturated carbocycles. The summed E-state index contributed by atoms with van der Waals surface area (Å²) in [6.45, 7) is 3.01. The normalized spacial score (nSPS) is 19.1. The monoisotopic (exact) mass is 261 g/mol. The summed E-state index contributed by atoms with van der Waals surface area (Å²) < 4.78 is 0. The van der Waals surface area contributed by atoms with Crippen molar-refractivity contribution in [3.8, 4) is 0 Å². The number of piperidine rings is 1. The van der Waals surface area contributed by atoms with Gasteiger partial charge in [0.05, 0.1) is 0 Å². The molecule has 1 atom stereocenters. The molecule has 4 nitrogen and oxygen atoms in total. The van der Waals surface area contributed by atoms with E-state index in [4.69, 9.17) is 0 Å². The third-order valence-corrected chi connectivity index (χ3v) is 3.58. The van der Waals surface area contributed by atoms with E-state index in [1.165, 1.54) is 24.8 Å². The van der Waals surface area contributed by atoms with E-state index in [2.05, 4.69) is 16.0 Å². The topological polar surface area (TPSA) is 53.2 Å². The lowest BCUT2D eigenvalue weighted by Crippen LogP contribution is -2.41. The van der Waals surface area contributed by atoms with Gasteiger partial charge in [-0.2, -0.15) is 0 Å². The summed E-state index contributed by atoms with van der Waals surface area (Å²) in [5, 5.41) is 9.62. The van der Waals surface area contributed by atoms with Gasteiger partial charge in [0.1, 0.15) is 0 Å². The van der Waals surface area contributed by atoms with Crippen molar-refractivity contribution < 1.29 is 4.79 Å². The molecule has 1 saturated heterocycles. The SMILES string of the molecule is CNC(=O)c1ccc(CNCC2CCCCN2)cc1. The third kappa shape index (κ3) is 4.33. The van der Waals surface area contributed by atoms with Crippen molar-refractivity contribution in [2.24, 2.45) is 0 Å². The molecular weight excluding hydrogens is 238 g/mol. The van der Waals surface area contributed by atoms with Gasteiger partial charge in [0.2, 0.25) is 0 Å². The van der Waals surface area contributed by atoms with Gasteiger partial charge in [-0.05, 0) is 37.1 Å². The Morgan fingerprint density at radius 2 is 2.11 bits per heavy atom. The van der Waals surface area contributed by atoms with Gasteiger partial charge in [-0.3, -0.25) is 4.79 Å². The molecule has 0 bridgehead atoms. The van der Waals surface area contributed by atoms with E-state index in [1.807, 2.05) is 24.3 Å². The van der Waals surface area contributed by atoms with Gasteiger partial charge < -0.3 is 16.0 Å². The quantitative estimate of drug-likeness (QED) is 0.748. The average Bonchev–Trinajstić information content (AvgIpc) is 2.48. The molecule has 0 aliphatic carbocycles. The zero-order valence-electron chi connectivity index (χ0n) is 11.5. The van der Waals surface area contributed by atoms with Crippen LogP contribution in [0.25, 0.3) is 0 Å². The highest BCUT2D eigenvalue weighted by molar-refractivity contribution is 5.93. The Hall–Kier alpha value is -1.39. The minimum Gasteiger partial charge on any atom is -0.355 e. The van der Waals surface area contributed by atoms with Crippen molar-refractivity contribution in [3.63, 3.8) is 0 Å². The van der Waals surface area contributed by atoms with Gasteiger partial charge in [0.25, 0.3) is 5.91 Å². The lowest BCUT2D eigenvalue weighted by atomic mass is 10.0. The van der Waals surface area contributed by atoms with Crippen molar-refractivity contribution in [2.75, 3.05) is 20.1 Å². The van der Waals surface area contributed by atoms with Crippen molar-refractivity contribution >= 4 is 5.91 Å². The zero-order valence-corrected chi connectivity index (χ0v) is 11.5. The Balaban J connectivity index is 1.75. The van der Waals surface area contributed by atoms with Crippen LogP contribution in [0.15, 0.2) is 24.3 Å². The Bertz CT molecular complexity index is 396. The molecule has 1 aliphatic heterocycles. The summed E-state index contributed by atoms with van der Waals surface area (Å²) in [7, 11) is 1.65. The van der Waals surface area contributed by atoms with Gasteiger partial charge in [0.15, 0.2) is 0 Å². The number of hydrogen-bond donors (Lipinski definition) is 3. The molecule has 1 amide bonds. The minimum absolute atomic E-state index is 0.0362. The van der Waals surface area contributed by atoms with E-state index in [9.17, 15) is 4.79 Å². The molecule has 1 fully saturated rings. The van der Waals surface area contributed by atoms with Crippen LogP contribution in [0.1, 0.15) is 35.2 Å². The fraction of sp³-hybridized carbons (Fsp3) is 0.533. The number of amides is 1. The first kappa shape index (κ1) is 14.0. The average molecular weight is 261 g/mol. The molecule has 1 unspecified atom stereocenters. The van der Waals surface area contributed by atoms with Crippen LogP contribution in [-0.2, 0) is 6.54 Å². The molecule has 1 aliphatic rings. The van der Waals surface area contributed by atoms with Crippen LogP contribution in [0, 0.1) is 0 Å². The van der Waals surface area contributed by atoms with Crippen molar-refractivity contribution in [3.05, 3.63) is 35.4 Å². The van der Waals surface area contributed by atoms with Gasteiger partial charge in [-0.15, -0.1) is 0 Å². The number of carbonyl (C=O) groups is 1. The number of nitrogens with one attached hydrogen (secondary N) is 3. The molecule has 3 N–H and O–H groups in total. The number of hydrogen-bond acceptors (Lipinski definition) is 3. The Labute approximate surface area is 115 Å². The first-order chi connectivity index (χ1) is 9.29. The number of benzene rings is 1. The Morgan fingerprint density at radius 1 is 1.32 bits per heavy atom. The second kappa shape index (κ2) is 7.26. The second-order valence-corrected chi connectivity index (χ2v) is 5.05. The van der Waals surface area contributed by atoms with E-state index in [0.29, 0.717) is 11.6 Å². The van der Waals surface area contributed by atoms with Crippen LogP contribution in [-0.4, -0.2) is 32.1 Å². The van der Waals surface area contributed by atoms with Gasteiger partial charge >= 0.3 is 0 Å². The molecular formula is C15H23N3O. The van der Waals surface area contributed by atoms with Crippen LogP contribution in [0.5, 0.6) is 0 Å². The first-order valence-electron chi connectivity index (χ1n) is 7.04. The highest BCUT2D eigenvalue weighted by Gasteiger charge is 2.11. The highest BCUT2D eigenvalue weighted by atomic mass is 16.1. The van der Waals surface area contributed by atoms with Gasteiger partial charge in [-0.1, -0.05) is 18.6 Å². The molecule has 0 radical (unpaired) electrons. The third-order valence-electron chi connectivity index (χ3n) is 3.58. The molecule has 4 heteroatoms. The van der Waals surface area contributed by atoms with E-state index in [-0.39, 0.29) is 5.91 Å². The van der Waals surface area contributed by atoms with Crippen molar-refractivity contribution in [2.45, 2.75) is 31.8 Å². The van der Waals surface area contributed by atoms with E-state index in [0.717, 1.165) is 19.6 Å². The Kier molecular flexibility index (Phi) is 5.36. The summed E-state index contributed by atoms with van der Waals surface area (Å²) in [4.78, 5) is 11.4. The van der Waals surface area contributed by atoms with E-state index < -0.39 is 0 Å². The molecule has 0 spiro atoms. The molecule has 1 heterocycles. The van der Waals surface area contributed by atoms with Gasteiger partial charge in [-0.25, -0.2) is 0 Å². The molecule has 19 heavy (non-hydrogen) atoms. The summed E-state index contributed by atoms with van der Waals surface area (Å²) in [5.41, 5.74) is 1.92. The predicted octanol–water partition coefficient (Wildman–Crippen LogP) is 1.28. The Morgan fingerprint density at radius 3 is 2.74 bits per heavy atom. The number of carbonyl (C=O) groups excluding carboxylic acids is 1. The van der Waals surface area contributed by atoms with Crippen LogP contribution in [0.4, 0.5) is 0 Å². The maximum atomic E-state index is 11.4. The fourth-order valence-corrected chi connectivity index (χ4v) is 2.41. The first-order valence-corrected chi connectivity index (χ1v) is 7.04. The summed E-state index contributed by atoms with van der Waals surface area (Å²) in [6.07, 6.45) is 3.90. The predicted molar refractivity (Wildman–Crippen MR) is 77.2 cm³/mol. The highest BCUT2D eigenvalue weighted by Crippen LogP contribution is 2.07. The van der Waals surface area contributed by atoms with E-state index in [1.54, 1.807) is 7.05 Å². The maximum Gasteiger partial charge on any atom is 0.251 e.